The maximum absolute atomic E-state index is 14.3. The minimum Gasteiger partial charge on any atom is -0.487 e. The van der Waals surface area contributed by atoms with Gasteiger partial charge in [0.05, 0.1) is 6.04 Å². The van der Waals surface area contributed by atoms with Gasteiger partial charge in [-0.3, -0.25) is 0 Å². The number of nitrogens with zero attached hydrogens (tertiary/aromatic N) is 3. The minimum absolute atomic E-state index is 0.0665. The fourth-order valence-corrected chi connectivity index (χ4v) is 4.83. The molecule has 1 fully saturated rings. The van der Waals surface area contributed by atoms with Gasteiger partial charge in [-0.15, -0.1) is 0 Å². The van der Waals surface area contributed by atoms with Crippen LogP contribution in [0.1, 0.15) is 51.6 Å². The van der Waals surface area contributed by atoms with Crippen LogP contribution in [0.15, 0.2) is 42.7 Å². The molecule has 1 unspecified atom stereocenters. The first kappa shape index (κ1) is 23.3. The van der Waals surface area contributed by atoms with E-state index in [1.807, 2.05) is 45.0 Å². The standard InChI is InChI=1S/C26H28F2N4O3/c1-25(2,3)35-24(33)32-12-10-26(11-13-32)14-19(16-6-4-5-7-20(16)34-26)31-23-17-8-9-18(27)21(28)22(17)29-15-30-23/h4-9,15,19H,10-14H2,1-3H3,(H,29,30,31). The summed E-state index contributed by atoms with van der Waals surface area (Å²) in [7, 11) is 0. The van der Waals surface area contributed by atoms with Crippen molar-refractivity contribution >= 4 is 22.8 Å². The van der Waals surface area contributed by atoms with Crippen molar-refractivity contribution in [3.05, 3.63) is 59.9 Å². The number of piperidine rings is 1. The minimum atomic E-state index is -0.994. The Kier molecular flexibility index (Phi) is 5.73. The Morgan fingerprint density at radius 3 is 2.63 bits per heavy atom. The van der Waals surface area contributed by atoms with E-state index in [9.17, 15) is 13.6 Å². The molecule has 2 aliphatic rings. The normalized spacial score (nSPS) is 19.2. The molecule has 0 aliphatic carbocycles. The number of carbonyl (C=O) groups is 1. The maximum Gasteiger partial charge on any atom is 0.410 e. The number of benzene rings is 2. The lowest BCUT2D eigenvalue weighted by Crippen LogP contribution is -2.53. The van der Waals surface area contributed by atoms with Crippen LogP contribution in [0.4, 0.5) is 19.4 Å². The van der Waals surface area contributed by atoms with Gasteiger partial charge in [0.25, 0.3) is 0 Å². The van der Waals surface area contributed by atoms with Gasteiger partial charge in [-0.25, -0.2) is 23.5 Å². The van der Waals surface area contributed by atoms with E-state index >= 15 is 0 Å². The topological polar surface area (TPSA) is 76.6 Å². The van der Waals surface area contributed by atoms with Gasteiger partial charge in [-0.2, -0.15) is 0 Å². The second-order valence-corrected chi connectivity index (χ2v) is 10.2. The first-order valence-corrected chi connectivity index (χ1v) is 11.8. The van der Waals surface area contributed by atoms with E-state index in [1.165, 1.54) is 12.4 Å². The summed E-state index contributed by atoms with van der Waals surface area (Å²) in [6, 6.07) is 10.2. The van der Waals surface area contributed by atoms with E-state index in [0.717, 1.165) is 17.4 Å². The number of carbonyl (C=O) groups excluding carboxylic acids is 1. The summed E-state index contributed by atoms with van der Waals surface area (Å²) >= 11 is 0. The summed E-state index contributed by atoms with van der Waals surface area (Å²) in [4.78, 5) is 22.5. The number of halogens is 2. The van der Waals surface area contributed by atoms with E-state index in [4.69, 9.17) is 9.47 Å². The highest BCUT2D eigenvalue weighted by Gasteiger charge is 2.44. The number of ether oxygens (including phenoxy) is 2. The van der Waals surface area contributed by atoms with Crippen molar-refractivity contribution in [2.75, 3.05) is 18.4 Å². The van der Waals surface area contributed by atoms with Crippen LogP contribution in [0.3, 0.4) is 0 Å². The molecule has 5 rings (SSSR count). The van der Waals surface area contributed by atoms with E-state index in [2.05, 4.69) is 15.3 Å². The molecule has 0 radical (unpaired) electrons. The average Bonchev–Trinajstić information content (AvgIpc) is 2.81. The van der Waals surface area contributed by atoms with Crippen LogP contribution in [0, 0.1) is 11.6 Å². The quantitative estimate of drug-likeness (QED) is 0.511. The molecule has 7 nitrogen and oxygen atoms in total. The Labute approximate surface area is 202 Å². The van der Waals surface area contributed by atoms with E-state index in [1.54, 1.807) is 4.90 Å². The van der Waals surface area contributed by atoms with Gasteiger partial charge in [-0.1, -0.05) is 18.2 Å². The molecule has 1 saturated heterocycles. The third-order valence-electron chi connectivity index (χ3n) is 6.53. The Hall–Kier alpha value is -3.49. The average molecular weight is 483 g/mol. The molecule has 184 valence electrons. The van der Waals surface area contributed by atoms with E-state index in [-0.39, 0.29) is 17.7 Å². The summed E-state index contributed by atoms with van der Waals surface area (Å²) in [5.41, 5.74) is -0.139. The molecule has 1 spiro atoms. The van der Waals surface area contributed by atoms with Gasteiger partial charge < -0.3 is 19.7 Å². The number of fused-ring (bicyclic) bond motifs is 2. The van der Waals surface area contributed by atoms with Gasteiger partial charge in [-0.05, 0) is 39.0 Å². The SMILES string of the molecule is CC(C)(C)OC(=O)N1CCC2(CC1)CC(Nc1ncnc3c(F)c(F)ccc13)c1ccccc1O2. The fraction of sp³-hybridized carbons (Fsp3) is 0.423. The third kappa shape index (κ3) is 4.59. The number of hydrogen-bond acceptors (Lipinski definition) is 6. The Bertz CT molecular complexity index is 1270. The smallest absolute Gasteiger partial charge is 0.410 e. The lowest BCUT2D eigenvalue weighted by atomic mass is 9.80. The first-order valence-electron chi connectivity index (χ1n) is 11.8. The molecule has 1 N–H and O–H groups in total. The number of likely N-dealkylation sites (tertiary alicyclic amines) is 1. The zero-order valence-corrected chi connectivity index (χ0v) is 20.0. The summed E-state index contributed by atoms with van der Waals surface area (Å²) in [5, 5.41) is 3.84. The third-order valence-corrected chi connectivity index (χ3v) is 6.53. The van der Waals surface area contributed by atoms with Crippen LogP contribution in [0.25, 0.3) is 10.9 Å². The van der Waals surface area contributed by atoms with Crippen LogP contribution in [-0.2, 0) is 4.74 Å². The highest BCUT2D eigenvalue weighted by molar-refractivity contribution is 5.89. The van der Waals surface area contributed by atoms with Crippen molar-refractivity contribution in [3.63, 3.8) is 0 Å². The second kappa shape index (κ2) is 8.62. The Balaban J connectivity index is 1.41. The van der Waals surface area contributed by atoms with E-state index < -0.39 is 22.8 Å². The molecule has 1 amide bonds. The summed E-state index contributed by atoms with van der Waals surface area (Å²) in [6.07, 6.45) is 2.82. The number of anilines is 1. The van der Waals surface area contributed by atoms with Gasteiger partial charge in [0.15, 0.2) is 11.6 Å². The fourth-order valence-electron chi connectivity index (χ4n) is 4.83. The number of aromatic nitrogens is 2. The molecule has 2 aromatic carbocycles. The largest absolute Gasteiger partial charge is 0.487 e. The zero-order chi connectivity index (χ0) is 24.8. The molecule has 9 heteroatoms. The molecule has 0 saturated carbocycles. The molecule has 1 aromatic heterocycles. The number of rotatable bonds is 2. The number of nitrogens with one attached hydrogen (secondary N) is 1. The van der Waals surface area contributed by atoms with Crippen LogP contribution < -0.4 is 10.1 Å². The van der Waals surface area contributed by atoms with Crippen molar-refractivity contribution < 1.29 is 23.0 Å². The lowest BCUT2D eigenvalue weighted by Gasteiger charge is -2.47. The monoisotopic (exact) mass is 482 g/mol. The van der Waals surface area contributed by atoms with Crippen molar-refractivity contribution in [3.8, 4) is 5.75 Å². The van der Waals surface area contributed by atoms with Crippen molar-refractivity contribution in [1.29, 1.82) is 0 Å². The van der Waals surface area contributed by atoms with Gasteiger partial charge in [0.2, 0.25) is 0 Å². The number of hydrogen-bond donors (Lipinski definition) is 1. The first-order chi connectivity index (χ1) is 16.6. The molecule has 35 heavy (non-hydrogen) atoms. The van der Waals surface area contributed by atoms with E-state index in [0.29, 0.717) is 43.6 Å². The molecular weight excluding hydrogens is 454 g/mol. The molecule has 3 aromatic rings. The maximum atomic E-state index is 14.3. The lowest BCUT2D eigenvalue weighted by molar-refractivity contribution is -0.0308. The summed E-state index contributed by atoms with van der Waals surface area (Å²) in [6.45, 7) is 6.59. The molecule has 0 bridgehead atoms. The van der Waals surface area contributed by atoms with Crippen molar-refractivity contribution in [2.45, 2.75) is 57.3 Å². The summed E-state index contributed by atoms with van der Waals surface area (Å²) < 4.78 is 40.1. The van der Waals surface area contributed by atoms with Crippen LogP contribution in [0.2, 0.25) is 0 Å². The van der Waals surface area contributed by atoms with Crippen LogP contribution >= 0.6 is 0 Å². The molecule has 2 aliphatic heterocycles. The van der Waals surface area contributed by atoms with Gasteiger partial charge >= 0.3 is 6.09 Å². The zero-order valence-electron chi connectivity index (χ0n) is 20.0. The molecule has 3 heterocycles. The number of amides is 1. The van der Waals surface area contributed by atoms with Crippen LogP contribution in [-0.4, -0.2) is 45.3 Å². The van der Waals surface area contributed by atoms with Crippen molar-refractivity contribution in [2.24, 2.45) is 0 Å². The molecule has 1 atom stereocenters. The van der Waals surface area contributed by atoms with Crippen LogP contribution in [0.5, 0.6) is 5.75 Å². The van der Waals surface area contributed by atoms with Gasteiger partial charge in [0.1, 0.15) is 34.6 Å². The molecular formula is C26H28F2N4O3. The highest BCUT2D eigenvalue weighted by atomic mass is 19.2. The Morgan fingerprint density at radius 2 is 1.89 bits per heavy atom. The second-order valence-electron chi connectivity index (χ2n) is 10.2. The Morgan fingerprint density at radius 1 is 1.14 bits per heavy atom. The predicted molar refractivity (Wildman–Crippen MR) is 127 cm³/mol. The number of para-hydroxylation sites is 1. The van der Waals surface area contributed by atoms with Crippen molar-refractivity contribution in [1.82, 2.24) is 14.9 Å². The predicted octanol–water partition coefficient (Wildman–Crippen LogP) is 5.61. The van der Waals surface area contributed by atoms with Gasteiger partial charge in [0, 0.05) is 43.3 Å². The highest BCUT2D eigenvalue weighted by Crippen LogP contribution is 2.45. The summed E-state index contributed by atoms with van der Waals surface area (Å²) in [5.74, 6) is -0.755.